The monoisotopic (exact) mass is 246 g/mol. The molecule has 0 aliphatic carbocycles. The van der Waals surface area contributed by atoms with Crippen LogP contribution in [0, 0.1) is 0 Å². The number of carbonyl (C=O) groups is 1. The second kappa shape index (κ2) is 4.79. The number of hydrogen-bond donors (Lipinski definition) is 2. The number of nitrogens with two attached hydrogens (primary N) is 1. The molecular formula is C12H14N4O2. The van der Waals surface area contributed by atoms with Crippen LogP contribution in [-0.4, -0.2) is 15.0 Å². The van der Waals surface area contributed by atoms with Crippen LogP contribution in [0.5, 0.6) is 0 Å². The van der Waals surface area contributed by atoms with Gasteiger partial charge in [0.05, 0.1) is 0 Å². The van der Waals surface area contributed by atoms with Crippen molar-refractivity contribution >= 4 is 17.3 Å². The third kappa shape index (κ3) is 2.60. The lowest BCUT2D eigenvalue weighted by molar-refractivity contribution is -0.116. The molecule has 0 aliphatic rings. The van der Waals surface area contributed by atoms with Crippen molar-refractivity contribution < 1.29 is 4.79 Å². The van der Waals surface area contributed by atoms with Crippen LogP contribution < -0.4 is 16.7 Å². The van der Waals surface area contributed by atoms with Gasteiger partial charge in [-0.1, -0.05) is 6.07 Å². The summed E-state index contributed by atoms with van der Waals surface area (Å²) in [6.07, 6.45) is 3.18. The zero-order chi connectivity index (χ0) is 13.1. The van der Waals surface area contributed by atoms with Crippen molar-refractivity contribution in [3.63, 3.8) is 0 Å². The van der Waals surface area contributed by atoms with Crippen molar-refractivity contribution in [2.24, 2.45) is 7.05 Å². The van der Waals surface area contributed by atoms with Gasteiger partial charge in [-0.05, 0) is 18.2 Å². The fourth-order valence-corrected chi connectivity index (χ4v) is 1.60. The van der Waals surface area contributed by atoms with Crippen LogP contribution in [0.15, 0.2) is 41.5 Å². The van der Waals surface area contributed by atoms with Gasteiger partial charge in [0, 0.05) is 30.8 Å². The minimum atomic E-state index is -0.270. The average Bonchev–Trinajstić information content (AvgIpc) is 2.61. The van der Waals surface area contributed by atoms with Gasteiger partial charge in [-0.2, -0.15) is 0 Å². The smallest absolute Gasteiger partial charge is 0.328 e. The van der Waals surface area contributed by atoms with Crippen LogP contribution in [0.2, 0.25) is 0 Å². The molecule has 6 nitrogen and oxygen atoms in total. The average molecular weight is 246 g/mol. The Bertz CT molecular complexity index is 627. The highest BCUT2D eigenvalue weighted by Crippen LogP contribution is 2.11. The molecule has 0 bridgehead atoms. The van der Waals surface area contributed by atoms with Crippen molar-refractivity contribution in [1.29, 1.82) is 0 Å². The predicted octanol–water partition coefficient (Wildman–Crippen LogP) is 0.408. The highest BCUT2D eigenvalue weighted by molar-refractivity contribution is 5.90. The lowest BCUT2D eigenvalue weighted by Crippen LogP contribution is -2.28. The number of carbonyl (C=O) groups excluding carboxylic acids is 1. The van der Waals surface area contributed by atoms with Crippen molar-refractivity contribution in [1.82, 2.24) is 9.13 Å². The number of nitrogens with one attached hydrogen (secondary N) is 1. The van der Waals surface area contributed by atoms with Gasteiger partial charge in [-0.15, -0.1) is 0 Å². The molecule has 0 radical (unpaired) electrons. The zero-order valence-corrected chi connectivity index (χ0v) is 9.96. The Hall–Kier alpha value is -2.50. The molecule has 1 aromatic heterocycles. The quantitative estimate of drug-likeness (QED) is 0.769. The summed E-state index contributed by atoms with van der Waals surface area (Å²) in [6, 6.07) is 6.88. The number of amides is 1. The van der Waals surface area contributed by atoms with Gasteiger partial charge >= 0.3 is 5.69 Å². The lowest BCUT2D eigenvalue weighted by Gasteiger charge is -2.05. The molecule has 1 heterocycles. The standard InChI is InChI=1S/C12H14N4O2/c1-15-5-6-16(12(15)18)8-11(17)14-10-4-2-3-9(13)7-10/h2-7H,8,13H2,1H3,(H,14,17). The minimum Gasteiger partial charge on any atom is -0.399 e. The molecule has 0 unspecified atom stereocenters. The SMILES string of the molecule is Cn1ccn(CC(=O)Nc2cccc(N)c2)c1=O. The number of benzene rings is 1. The molecule has 0 aliphatic heterocycles. The van der Waals surface area contributed by atoms with E-state index in [4.69, 9.17) is 5.73 Å². The molecule has 18 heavy (non-hydrogen) atoms. The Morgan fingerprint density at radius 1 is 1.39 bits per heavy atom. The fourth-order valence-electron chi connectivity index (χ4n) is 1.60. The van der Waals surface area contributed by atoms with E-state index >= 15 is 0 Å². The molecular weight excluding hydrogens is 232 g/mol. The summed E-state index contributed by atoms with van der Waals surface area (Å²) < 4.78 is 2.75. The molecule has 94 valence electrons. The second-order valence-corrected chi connectivity index (χ2v) is 3.99. The van der Waals surface area contributed by atoms with Gasteiger partial charge in [-0.25, -0.2) is 4.79 Å². The van der Waals surface area contributed by atoms with E-state index in [1.54, 1.807) is 43.7 Å². The number of imidazole rings is 1. The fraction of sp³-hybridized carbons (Fsp3) is 0.167. The van der Waals surface area contributed by atoms with Gasteiger partial charge in [0.1, 0.15) is 6.54 Å². The van der Waals surface area contributed by atoms with E-state index in [0.29, 0.717) is 11.4 Å². The summed E-state index contributed by atoms with van der Waals surface area (Å²) in [6.45, 7) is -0.0194. The highest BCUT2D eigenvalue weighted by atomic mass is 16.2. The first-order valence-electron chi connectivity index (χ1n) is 5.43. The van der Waals surface area contributed by atoms with Crippen LogP contribution in [0.25, 0.3) is 0 Å². The molecule has 2 aromatic rings. The predicted molar refractivity (Wildman–Crippen MR) is 69.2 cm³/mol. The number of aromatic nitrogens is 2. The van der Waals surface area contributed by atoms with Gasteiger partial charge in [-0.3, -0.25) is 9.36 Å². The maximum atomic E-state index is 11.7. The minimum absolute atomic E-state index is 0.0194. The summed E-state index contributed by atoms with van der Waals surface area (Å²) >= 11 is 0. The zero-order valence-electron chi connectivity index (χ0n) is 9.96. The number of hydrogen-bond acceptors (Lipinski definition) is 3. The second-order valence-electron chi connectivity index (χ2n) is 3.99. The van der Waals surface area contributed by atoms with Crippen LogP contribution in [-0.2, 0) is 18.4 Å². The van der Waals surface area contributed by atoms with E-state index in [-0.39, 0.29) is 18.1 Å². The summed E-state index contributed by atoms with van der Waals surface area (Å²) in [4.78, 5) is 23.3. The summed E-state index contributed by atoms with van der Waals surface area (Å²) in [7, 11) is 1.63. The highest BCUT2D eigenvalue weighted by Gasteiger charge is 2.06. The molecule has 1 amide bonds. The Kier molecular flexibility index (Phi) is 3.18. The number of anilines is 2. The molecule has 0 saturated carbocycles. The normalized spacial score (nSPS) is 10.3. The van der Waals surface area contributed by atoms with Crippen molar-refractivity contribution in [2.75, 3.05) is 11.1 Å². The topological polar surface area (TPSA) is 82.1 Å². The molecule has 0 spiro atoms. The largest absolute Gasteiger partial charge is 0.399 e. The Balaban J connectivity index is 2.05. The van der Waals surface area contributed by atoms with E-state index in [2.05, 4.69) is 5.32 Å². The Morgan fingerprint density at radius 2 is 2.17 bits per heavy atom. The lowest BCUT2D eigenvalue weighted by atomic mass is 10.3. The Labute approximate surface area is 104 Å². The van der Waals surface area contributed by atoms with Crippen LogP contribution >= 0.6 is 0 Å². The van der Waals surface area contributed by atoms with Crippen LogP contribution in [0.4, 0.5) is 11.4 Å². The van der Waals surface area contributed by atoms with Crippen molar-refractivity contribution in [3.8, 4) is 0 Å². The van der Waals surface area contributed by atoms with Crippen LogP contribution in [0.1, 0.15) is 0 Å². The number of rotatable bonds is 3. The van der Waals surface area contributed by atoms with E-state index in [1.807, 2.05) is 0 Å². The summed E-state index contributed by atoms with van der Waals surface area (Å²) in [5, 5.41) is 2.68. The molecule has 0 saturated heterocycles. The number of aryl methyl sites for hydroxylation is 1. The van der Waals surface area contributed by atoms with Gasteiger partial charge in [0.15, 0.2) is 0 Å². The summed E-state index contributed by atoms with van der Waals surface area (Å²) in [5.74, 6) is -0.270. The van der Waals surface area contributed by atoms with Crippen molar-refractivity contribution in [3.05, 3.63) is 47.1 Å². The molecule has 3 N–H and O–H groups in total. The van der Waals surface area contributed by atoms with Crippen LogP contribution in [0.3, 0.4) is 0 Å². The molecule has 1 aromatic carbocycles. The molecule has 0 atom stereocenters. The van der Waals surface area contributed by atoms with E-state index < -0.39 is 0 Å². The first-order chi connectivity index (χ1) is 8.56. The molecule has 2 rings (SSSR count). The first kappa shape index (κ1) is 12.0. The Morgan fingerprint density at radius 3 is 2.78 bits per heavy atom. The third-order valence-electron chi connectivity index (χ3n) is 2.50. The third-order valence-corrected chi connectivity index (χ3v) is 2.50. The molecule has 6 heteroatoms. The van der Waals surface area contributed by atoms with Gasteiger partial charge in [0.2, 0.25) is 5.91 Å². The van der Waals surface area contributed by atoms with Gasteiger partial charge in [0.25, 0.3) is 0 Å². The van der Waals surface area contributed by atoms with E-state index in [1.165, 1.54) is 9.13 Å². The maximum absolute atomic E-state index is 11.7. The number of nitrogens with zero attached hydrogens (tertiary/aromatic N) is 2. The van der Waals surface area contributed by atoms with Crippen molar-refractivity contribution in [2.45, 2.75) is 6.54 Å². The van der Waals surface area contributed by atoms with E-state index in [0.717, 1.165) is 0 Å². The first-order valence-corrected chi connectivity index (χ1v) is 5.43. The van der Waals surface area contributed by atoms with Gasteiger partial charge < -0.3 is 15.6 Å². The number of nitrogen functional groups attached to an aromatic ring is 1. The summed E-state index contributed by atoms with van der Waals surface area (Å²) in [5.41, 5.74) is 6.57. The maximum Gasteiger partial charge on any atom is 0.328 e. The van der Waals surface area contributed by atoms with E-state index in [9.17, 15) is 9.59 Å². The molecule has 0 fully saturated rings.